The number of benzene rings is 3. The number of hydrogen-bond donors (Lipinski definition) is 2. The average Bonchev–Trinajstić information content (AvgIpc) is 3.14. The SMILES string of the molecule is CCOC(=O)Oc1ccc(C(=O)Nc2ccccc2NC(=O)CN2C(=O)c3ccc([N+](=O)[O-])cc3C2=O)cc1. The molecule has 0 saturated heterocycles. The number of amides is 4. The molecule has 0 aromatic heterocycles. The number of nitrogens with zero attached hydrogens (tertiary/aromatic N) is 2. The Morgan fingerprint density at radius 1 is 0.897 bits per heavy atom. The predicted octanol–water partition coefficient (Wildman–Crippen LogP) is 3.62. The number of rotatable bonds is 8. The number of anilines is 2. The van der Waals surface area contributed by atoms with Gasteiger partial charge in [-0.1, -0.05) is 12.1 Å². The summed E-state index contributed by atoms with van der Waals surface area (Å²) in [6, 6.07) is 15.2. The Balaban J connectivity index is 1.41. The van der Waals surface area contributed by atoms with Crippen molar-refractivity contribution in [2.45, 2.75) is 6.92 Å². The maximum absolute atomic E-state index is 12.8. The highest BCUT2D eigenvalue weighted by atomic mass is 16.7. The van der Waals surface area contributed by atoms with Gasteiger partial charge in [-0.15, -0.1) is 0 Å². The largest absolute Gasteiger partial charge is 0.513 e. The molecule has 13 heteroatoms. The Morgan fingerprint density at radius 2 is 1.54 bits per heavy atom. The van der Waals surface area contributed by atoms with Crippen LogP contribution in [-0.4, -0.2) is 52.8 Å². The summed E-state index contributed by atoms with van der Waals surface area (Å²) in [5, 5.41) is 16.2. The lowest BCUT2D eigenvalue weighted by molar-refractivity contribution is -0.384. The zero-order valence-electron chi connectivity index (χ0n) is 20.3. The molecule has 0 unspecified atom stereocenters. The molecule has 4 amide bonds. The van der Waals surface area contributed by atoms with Crippen molar-refractivity contribution < 1.29 is 38.4 Å². The number of nitrogens with one attached hydrogen (secondary N) is 2. The summed E-state index contributed by atoms with van der Waals surface area (Å²) in [5.74, 6) is -2.66. The summed E-state index contributed by atoms with van der Waals surface area (Å²) in [7, 11) is 0. The van der Waals surface area contributed by atoms with Crippen LogP contribution in [0.25, 0.3) is 0 Å². The van der Waals surface area contributed by atoms with Crippen molar-refractivity contribution >= 4 is 46.8 Å². The molecule has 13 nitrogen and oxygen atoms in total. The fraction of sp³-hybridized carbons (Fsp3) is 0.115. The number of hydrogen-bond acceptors (Lipinski definition) is 9. The van der Waals surface area contributed by atoms with Crippen LogP contribution in [0.4, 0.5) is 21.9 Å². The van der Waals surface area contributed by atoms with Crippen molar-refractivity contribution in [2.24, 2.45) is 0 Å². The van der Waals surface area contributed by atoms with E-state index in [0.29, 0.717) is 4.90 Å². The molecule has 0 spiro atoms. The lowest BCUT2D eigenvalue weighted by Crippen LogP contribution is -2.37. The second-order valence-electron chi connectivity index (χ2n) is 8.04. The van der Waals surface area contributed by atoms with Gasteiger partial charge >= 0.3 is 6.16 Å². The number of para-hydroxylation sites is 2. The number of nitro groups is 1. The van der Waals surface area contributed by atoms with Crippen LogP contribution < -0.4 is 15.4 Å². The van der Waals surface area contributed by atoms with Gasteiger partial charge in [0.25, 0.3) is 23.4 Å². The summed E-state index contributed by atoms with van der Waals surface area (Å²) < 4.78 is 9.65. The third-order valence-corrected chi connectivity index (χ3v) is 5.50. The standard InChI is InChI=1S/C26H20N4O9/c1-2-38-26(35)39-17-10-7-15(8-11-17)23(32)28-21-6-4-3-5-20(21)27-22(31)14-29-24(33)18-12-9-16(30(36)37)13-19(18)25(29)34/h3-13H,2,14H2,1H3,(H,27,31)(H,28,32). The second-order valence-corrected chi connectivity index (χ2v) is 8.04. The Labute approximate surface area is 220 Å². The smallest absolute Gasteiger partial charge is 0.434 e. The molecule has 0 atom stereocenters. The number of carbonyl (C=O) groups is 5. The van der Waals surface area contributed by atoms with Crippen molar-refractivity contribution in [2.75, 3.05) is 23.8 Å². The van der Waals surface area contributed by atoms with Crippen LogP contribution in [0.15, 0.2) is 66.7 Å². The molecule has 0 radical (unpaired) electrons. The molecule has 39 heavy (non-hydrogen) atoms. The molecule has 3 aromatic carbocycles. The first-order valence-electron chi connectivity index (χ1n) is 11.5. The molecular weight excluding hydrogens is 512 g/mol. The molecule has 1 aliphatic heterocycles. The highest BCUT2D eigenvalue weighted by molar-refractivity contribution is 6.23. The first-order valence-corrected chi connectivity index (χ1v) is 11.5. The van der Waals surface area contributed by atoms with Crippen LogP contribution >= 0.6 is 0 Å². The lowest BCUT2D eigenvalue weighted by atomic mass is 10.1. The van der Waals surface area contributed by atoms with E-state index < -0.39 is 41.3 Å². The number of nitro benzene ring substituents is 1. The molecule has 1 aliphatic rings. The van der Waals surface area contributed by atoms with Crippen molar-refractivity contribution in [1.82, 2.24) is 4.90 Å². The fourth-order valence-corrected chi connectivity index (χ4v) is 3.68. The monoisotopic (exact) mass is 532 g/mol. The van der Waals surface area contributed by atoms with E-state index in [2.05, 4.69) is 10.6 Å². The molecule has 0 fully saturated rings. The Morgan fingerprint density at radius 3 is 2.18 bits per heavy atom. The summed E-state index contributed by atoms with van der Waals surface area (Å²) >= 11 is 0. The normalized spacial score (nSPS) is 12.0. The minimum atomic E-state index is -0.873. The highest BCUT2D eigenvalue weighted by Crippen LogP contribution is 2.27. The Bertz CT molecular complexity index is 1500. The van der Waals surface area contributed by atoms with Gasteiger partial charge in [0.2, 0.25) is 5.91 Å². The molecule has 4 rings (SSSR count). The summed E-state index contributed by atoms with van der Waals surface area (Å²) in [6.07, 6.45) is -0.873. The van der Waals surface area contributed by atoms with Gasteiger partial charge in [0, 0.05) is 17.7 Å². The predicted molar refractivity (Wildman–Crippen MR) is 136 cm³/mol. The maximum atomic E-state index is 12.8. The molecule has 0 bridgehead atoms. The quantitative estimate of drug-likeness (QED) is 0.144. The van der Waals surface area contributed by atoms with E-state index in [1.54, 1.807) is 19.1 Å². The van der Waals surface area contributed by atoms with Crippen LogP contribution in [0.5, 0.6) is 5.75 Å². The summed E-state index contributed by atoms with van der Waals surface area (Å²) in [5.41, 5.74) is 0.114. The van der Waals surface area contributed by atoms with Gasteiger partial charge in [0.05, 0.1) is 34.0 Å². The van der Waals surface area contributed by atoms with Crippen molar-refractivity contribution in [3.8, 4) is 5.75 Å². The number of imide groups is 1. The minimum absolute atomic E-state index is 0.0373. The molecule has 0 aliphatic carbocycles. The molecule has 0 saturated carbocycles. The third-order valence-electron chi connectivity index (χ3n) is 5.50. The van der Waals surface area contributed by atoms with Crippen molar-refractivity contribution in [1.29, 1.82) is 0 Å². The summed E-state index contributed by atoms with van der Waals surface area (Å²) in [4.78, 5) is 73.2. The van der Waals surface area contributed by atoms with Crippen LogP contribution in [0.3, 0.4) is 0 Å². The van der Waals surface area contributed by atoms with Gasteiger partial charge in [-0.2, -0.15) is 0 Å². The maximum Gasteiger partial charge on any atom is 0.513 e. The van der Waals surface area contributed by atoms with Gasteiger partial charge in [-0.25, -0.2) is 4.79 Å². The molecular formula is C26H20N4O9. The van der Waals surface area contributed by atoms with E-state index in [1.807, 2.05) is 0 Å². The molecule has 198 valence electrons. The minimum Gasteiger partial charge on any atom is -0.434 e. The highest BCUT2D eigenvalue weighted by Gasteiger charge is 2.37. The number of carbonyl (C=O) groups excluding carboxylic acids is 5. The van der Waals surface area contributed by atoms with E-state index in [0.717, 1.165) is 12.1 Å². The van der Waals surface area contributed by atoms with Crippen LogP contribution in [0.2, 0.25) is 0 Å². The van der Waals surface area contributed by atoms with Crippen molar-refractivity contribution in [3.05, 3.63) is 93.5 Å². The van der Waals surface area contributed by atoms with E-state index in [1.165, 1.54) is 42.5 Å². The number of non-ortho nitro benzene ring substituents is 1. The van der Waals surface area contributed by atoms with Gasteiger partial charge in [-0.3, -0.25) is 34.2 Å². The van der Waals surface area contributed by atoms with E-state index in [9.17, 15) is 34.1 Å². The molecule has 1 heterocycles. The Kier molecular flexibility index (Phi) is 7.61. The van der Waals surface area contributed by atoms with Gasteiger partial charge < -0.3 is 20.1 Å². The lowest BCUT2D eigenvalue weighted by Gasteiger charge is -2.16. The first kappa shape index (κ1) is 26.5. The zero-order chi connectivity index (χ0) is 28.1. The summed E-state index contributed by atoms with van der Waals surface area (Å²) in [6.45, 7) is 1.14. The van der Waals surface area contributed by atoms with E-state index in [4.69, 9.17) is 9.47 Å². The van der Waals surface area contributed by atoms with Crippen LogP contribution in [0, 0.1) is 10.1 Å². The fourth-order valence-electron chi connectivity index (χ4n) is 3.68. The second kappa shape index (κ2) is 11.2. The van der Waals surface area contributed by atoms with Crippen LogP contribution in [-0.2, 0) is 9.53 Å². The Hall–Kier alpha value is -5.59. The average molecular weight is 532 g/mol. The topological polar surface area (TPSA) is 174 Å². The van der Waals surface area contributed by atoms with E-state index in [-0.39, 0.29) is 46.1 Å². The number of fused-ring (bicyclic) bond motifs is 1. The molecule has 2 N–H and O–H groups in total. The third kappa shape index (κ3) is 5.88. The van der Waals surface area contributed by atoms with E-state index >= 15 is 0 Å². The van der Waals surface area contributed by atoms with Crippen LogP contribution in [0.1, 0.15) is 38.0 Å². The number of ether oxygens (including phenoxy) is 2. The van der Waals surface area contributed by atoms with Gasteiger partial charge in [-0.05, 0) is 49.4 Å². The zero-order valence-corrected chi connectivity index (χ0v) is 20.3. The van der Waals surface area contributed by atoms with Gasteiger partial charge in [0.15, 0.2) is 0 Å². The van der Waals surface area contributed by atoms with Gasteiger partial charge in [0.1, 0.15) is 12.3 Å². The molecule has 3 aromatic rings. The first-order chi connectivity index (χ1) is 18.7. The van der Waals surface area contributed by atoms with Crippen molar-refractivity contribution in [3.63, 3.8) is 0 Å².